The van der Waals surface area contributed by atoms with Crippen molar-refractivity contribution in [2.24, 2.45) is 0 Å². The number of rotatable bonds is 6. The highest BCUT2D eigenvalue weighted by Gasteiger charge is 2.41. The molecule has 2 N–H and O–H groups in total. The topological polar surface area (TPSA) is 96.5 Å². The van der Waals surface area contributed by atoms with Gasteiger partial charge in [-0.15, -0.1) is 0 Å². The van der Waals surface area contributed by atoms with E-state index in [4.69, 9.17) is 4.74 Å². The van der Waals surface area contributed by atoms with Gasteiger partial charge in [0.1, 0.15) is 10.5 Å². The van der Waals surface area contributed by atoms with E-state index < -0.39 is 34.3 Å². The van der Waals surface area contributed by atoms with E-state index in [1.807, 2.05) is 12.1 Å². The Balaban J connectivity index is 1.44. The van der Waals surface area contributed by atoms with Gasteiger partial charge in [0.25, 0.3) is 5.91 Å². The molecule has 2 amide bonds. The molecule has 1 saturated carbocycles. The number of thiazole rings is 1. The molecule has 214 valence electrons. The lowest BCUT2D eigenvalue weighted by molar-refractivity contribution is -0.141. The van der Waals surface area contributed by atoms with Gasteiger partial charge in [0.2, 0.25) is 0 Å². The molecule has 1 aliphatic heterocycles. The van der Waals surface area contributed by atoms with Crippen molar-refractivity contribution in [3.8, 4) is 0 Å². The molecule has 0 unspecified atom stereocenters. The number of nitrogens with one attached hydrogen (secondary N) is 2. The summed E-state index contributed by atoms with van der Waals surface area (Å²) in [5.74, 6) is -0.763. The Bertz CT molecular complexity index is 1140. The second-order valence-electron chi connectivity index (χ2n) is 11.3. The lowest BCUT2D eigenvalue weighted by Crippen LogP contribution is -2.46. The monoisotopic (exact) mass is 567 g/mol. The van der Waals surface area contributed by atoms with E-state index >= 15 is 0 Å². The van der Waals surface area contributed by atoms with Crippen LogP contribution < -0.4 is 15.5 Å². The van der Waals surface area contributed by atoms with Gasteiger partial charge in [-0.3, -0.25) is 9.78 Å². The number of amides is 2. The van der Waals surface area contributed by atoms with Gasteiger partial charge in [-0.05, 0) is 58.1 Å². The zero-order valence-electron chi connectivity index (χ0n) is 22.6. The van der Waals surface area contributed by atoms with Crippen LogP contribution in [0.25, 0.3) is 0 Å². The zero-order valence-corrected chi connectivity index (χ0v) is 23.4. The lowest BCUT2D eigenvalue weighted by atomic mass is 9.70. The molecule has 1 saturated heterocycles. The van der Waals surface area contributed by atoms with Crippen molar-refractivity contribution < 1.29 is 27.5 Å². The van der Waals surface area contributed by atoms with E-state index in [1.165, 1.54) is 0 Å². The van der Waals surface area contributed by atoms with Gasteiger partial charge in [-0.25, -0.2) is 9.78 Å². The van der Waals surface area contributed by atoms with Crippen molar-refractivity contribution in [2.45, 2.75) is 89.0 Å². The average molecular weight is 568 g/mol. The molecule has 8 nitrogen and oxygen atoms in total. The maximum atomic E-state index is 13.9. The van der Waals surface area contributed by atoms with Crippen molar-refractivity contribution >= 4 is 28.5 Å². The van der Waals surface area contributed by atoms with Crippen LogP contribution in [0.5, 0.6) is 0 Å². The molecule has 2 aromatic heterocycles. The quantitative estimate of drug-likeness (QED) is 0.466. The van der Waals surface area contributed by atoms with Crippen molar-refractivity contribution in [1.29, 1.82) is 0 Å². The van der Waals surface area contributed by atoms with E-state index in [1.54, 1.807) is 38.1 Å². The minimum atomic E-state index is -4.76. The van der Waals surface area contributed by atoms with Gasteiger partial charge in [-0.2, -0.15) is 13.2 Å². The van der Waals surface area contributed by atoms with E-state index in [2.05, 4.69) is 20.6 Å². The number of pyridine rings is 1. The van der Waals surface area contributed by atoms with E-state index in [9.17, 15) is 22.8 Å². The van der Waals surface area contributed by atoms with E-state index in [-0.39, 0.29) is 23.1 Å². The lowest BCUT2D eigenvalue weighted by Gasteiger charge is -2.37. The summed E-state index contributed by atoms with van der Waals surface area (Å²) in [6.07, 6.45) is 3.98. The number of anilines is 1. The summed E-state index contributed by atoms with van der Waals surface area (Å²) in [6, 6.07) is 3.66. The Kier molecular flexibility index (Phi) is 8.72. The fourth-order valence-electron chi connectivity index (χ4n) is 5.28. The Labute approximate surface area is 230 Å². The first-order valence-electron chi connectivity index (χ1n) is 13.4. The second-order valence-corrected chi connectivity index (χ2v) is 12.3. The fourth-order valence-corrected chi connectivity index (χ4v) is 6.34. The van der Waals surface area contributed by atoms with Gasteiger partial charge in [0, 0.05) is 43.5 Å². The third-order valence-electron chi connectivity index (χ3n) is 7.25. The normalized spacial score (nSPS) is 18.5. The Hall–Kier alpha value is -2.89. The number of piperidine rings is 1. The number of nitrogens with zero attached hydrogens (tertiary/aromatic N) is 3. The van der Waals surface area contributed by atoms with Gasteiger partial charge in [0.05, 0.1) is 0 Å². The van der Waals surface area contributed by atoms with Gasteiger partial charge < -0.3 is 20.3 Å². The van der Waals surface area contributed by atoms with Crippen LogP contribution in [0.4, 0.5) is 23.1 Å². The van der Waals surface area contributed by atoms with Crippen LogP contribution >= 0.6 is 11.3 Å². The van der Waals surface area contributed by atoms with Crippen LogP contribution in [0.15, 0.2) is 24.5 Å². The summed E-state index contributed by atoms with van der Waals surface area (Å²) in [5.41, 5.74) is -1.13. The largest absolute Gasteiger partial charge is 0.444 e. The molecule has 0 spiro atoms. The molecule has 1 aliphatic carbocycles. The molecule has 4 rings (SSSR count). The minimum Gasteiger partial charge on any atom is -0.444 e. The maximum absolute atomic E-state index is 13.9. The third-order valence-corrected chi connectivity index (χ3v) is 8.36. The zero-order chi connectivity index (χ0) is 28.3. The number of halogens is 3. The number of hydrogen-bond donors (Lipinski definition) is 2. The molecule has 0 aromatic carbocycles. The summed E-state index contributed by atoms with van der Waals surface area (Å²) >= 11 is 0.764. The average Bonchev–Trinajstić information content (AvgIpc) is 3.34. The number of aromatic nitrogens is 2. The van der Waals surface area contributed by atoms with Crippen molar-refractivity contribution in [3.63, 3.8) is 0 Å². The van der Waals surface area contributed by atoms with Crippen molar-refractivity contribution in [1.82, 2.24) is 20.6 Å². The summed E-state index contributed by atoms with van der Waals surface area (Å²) < 4.78 is 47.1. The number of alkyl halides is 3. The molecular formula is C27H36F3N5O3S. The number of carbonyl (C=O) groups excluding carboxylic acids is 2. The summed E-state index contributed by atoms with van der Waals surface area (Å²) in [6.45, 7) is 6.36. The highest BCUT2D eigenvalue weighted by Crippen LogP contribution is 2.40. The van der Waals surface area contributed by atoms with E-state index in [0.29, 0.717) is 25.9 Å². The standard InChI is InChI=1S/C27H36F3N5O3S/c1-25(2,3)38-24(37)33-19-9-14-35(15-10-19)23-34-21(27(28,29)30)20(39-23)22(36)32-17-26(11-5-4-6-12-26)18-8-7-13-31-16-18/h7-8,13,16,19H,4-6,9-12,14-15,17H2,1-3H3,(H,32,36)(H,33,37). The minimum absolute atomic E-state index is 0.153. The second kappa shape index (κ2) is 11.7. The van der Waals surface area contributed by atoms with Crippen LogP contribution in [-0.4, -0.2) is 53.2 Å². The number of hydrogen-bond acceptors (Lipinski definition) is 7. The SMILES string of the molecule is CC(C)(C)OC(=O)NC1CCN(c2nc(C(F)(F)F)c(C(=O)NCC3(c4cccnc4)CCCCC3)s2)CC1. The molecule has 39 heavy (non-hydrogen) atoms. The first kappa shape index (κ1) is 29.1. The van der Waals surface area contributed by atoms with Gasteiger partial charge in [0.15, 0.2) is 10.8 Å². The number of carbonyl (C=O) groups is 2. The van der Waals surface area contributed by atoms with Crippen molar-refractivity contribution in [2.75, 3.05) is 24.5 Å². The van der Waals surface area contributed by atoms with Crippen LogP contribution in [0.3, 0.4) is 0 Å². The first-order chi connectivity index (χ1) is 18.4. The Morgan fingerprint density at radius 2 is 1.85 bits per heavy atom. The summed E-state index contributed by atoms with van der Waals surface area (Å²) in [7, 11) is 0. The molecule has 2 fully saturated rings. The van der Waals surface area contributed by atoms with Crippen LogP contribution in [0, 0.1) is 0 Å². The predicted molar refractivity (Wildman–Crippen MR) is 143 cm³/mol. The summed E-state index contributed by atoms with van der Waals surface area (Å²) in [5, 5.41) is 5.78. The molecule has 12 heteroatoms. The van der Waals surface area contributed by atoms with Crippen molar-refractivity contribution in [3.05, 3.63) is 40.7 Å². The highest BCUT2D eigenvalue weighted by molar-refractivity contribution is 7.17. The third kappa shape index (κ3) is 7.40. The number of ether oxygens (including phenoxy) is 1. The fraction of sp³-hybridized carbons (Fsp3) is 0.630. The van der Waals surface area contributed by atoms with Gasteiger partial charge in [-0.1, -0.05) is 36.7 Å². The maximum Gasteiger partial charge on any atom is 0.435 e. The van der Waals surface area contributed by atoms with Crippen LogP contribution in [-0.2, 0) is 16.3 Å². The number of alkyl carbamates (subject to hydrolysis) is 1. The van der Waals surface area contributed by atoms with Crippen LogP contribution in [0.1, 0.15) is 86.6 Å². The van der Waals surface area contributed by atoms with E-state index in [0.717, 1.165) is 49.0 Å². The molecule has 0 radical (unpaired) electrons. The molecule has 3 heterocycles. The molecular weight excluding hydrogens is 531 g/mol. The van der Waals surface area contributed by atoms with Crippen LogP contribution in [0.2, 0.25) is 0 Å². The smallest absolute Gasteiger partial charge is 0.435 e. The Morgan fingerprint density at radius 1 is 1.15 bits per heavy atom. The molecule has 2 aliphatic rings. The van der Waals surface area contributed by atoms with Gasteiger partial charge >= 0.3 is 12.3 Å². The molecule has 0 atom stereocenters. The molecule has 2 aromatic rings. The molecule has 0 bridgehead atoms. The highest BCUT2D eigenvalue weighted by atomic mass is 32.1. The first-order valence-corrected chi connectivity index (χ1v) is 14.2. The Morgan fingerprint density at radius 3 is 2.44 bits per heavy atom. The summed E-state index contributed by atoms with van der Waals surface area (Å²) in [4.78, 5) is 34.6. The predicted octanol–water partition coefficient (Wildman–Crippen LogP) is 5.68.